The number of halogens is 2. The van der Waals surface area contributed by atoms with Crippen LogP contribution in [0, 0.1) is 17.8 Å². The van der Waals surface area contributed by atoms with Gasteiger partial charge in [0.05, 0.1) is 0 Å². The maximum absolute atomic E-state index is 14.3. The standard InChI is InChI=1S/C20H28F2N2O2S/c1-12-9-14(27(25)26)5-6-19(12)24-8-7-17-13(11-24)10-18(23-17)20-15(21)3-2-4-16(20)22/h2-3,5-6,9,12-13,15-20,23H,4,7-8,10-11H2,1H3,(H,25,26)/p-1. The fraction of sp³-hybridized carbons (Fsp3) is 0.700. The summed E-state index contributed by atoms with van der Waals surface area (Å²) in [4.78, 5) is 2.75. The zero-order valence-electron chi connectivity index (χ0n) is 15.5. The lowest BCUT2D eigenvalue weighted by Gasteiger charge is -2.41. The highest BCUT2D eigenvalue weighted by Gasteiger charge is 2.46. The van der Waals surface area contributed by atoms with E-state index in [1.165, 1.54) is 6.08 Å². The van der Waals surface area contributed by atoms with Crippen molar-refractivity contribution in [3.05, 3.63) is 35.3 Å². The summed E-state index contributed by atoms with van der Waals surface area (Å²) in [5.74, 6) is -0.0766. The first kappa shape index (κ1) is 19.4. The van der Waals surface area contributed by atoms with Gasteiger partial charge in [-0.3, -0.25) is 9.11 Å². The topological polar surface area (TPSA) is 55.4 Å². The molecule has 2 saturated heterocycles. The molecule has 4 aliphatic rings. The summed E-state index contributed by atoms with van der Waals surface area (Å²) in [7, 11) is 0. The molecule has 7 heteroatoms. The number of nitrogens with zero attached hydrogens (tertiary/aromatic N) is 1. The minimum Gasteiger partial charge on any atom is -0.768 e. The Morgan fingerprint density at radius 2 is 2.11 bits per heavy atom. The van der Waals surface area contributed by atoms with Gasteiger partial charge >= 0.3 is 0 Å². The second-order valence-electron chi connectivity index (χ2n) is 8.37. The molecule has 9 atom stereocenters. The quantitative estimate of drug-likeness (QED) is 0.588. The first-order chi connectivity index (χ1) is 12.9. The molecule has 2 aliphatic carbocycles. The Kier molecular flexibility index (Phi) is 5.65. The van der Waals surface area contributed by atoms with Crippen LogP contribution in [0.2, 0.25) is 0 Å². The summed E-state index contributed by atoms with van der Waals surface area (Å²) < 4.78 is 51.0. The third kappa shape index (κ3) is 3.84. The molecule has 2 aliphatic heterocycles. The highest BCUT2D eigenvalue weighted by molar-refractivity contribution is 7.83. The van der Waals surface area contributed by atoms with Crippen LogP contribution in [0.15, 0.2) is 35.3 Å². The number of piperidine rings is 1. The van der Waals surface area contributed by atoms with Gasteiger partial charge in [0.15, 0.2) is 0 Å². The molecule has 0 saturated carbocycles. The maximum Gasteiger partial charge on any atom is 0.125 e. The van der Waals surface area contributed by atoms with E-state index >= 15 is 0 Å². The van der Waals surface area contributed by atoms with Gasteiger partial charge in [0, 0.05) is 42.0 Å². The molecular formula is C20H27F2N2O2S-. The maximum atomic E-state index is 14.3. The molecule has 0 amide bonds. The fourth-order valence-electron chi connectivity index (χ4n) is 5.37. The summed E-state index contributed by atoms with van der Waals surface area (Å²) >= 11 is -2.19. The van der Waals surface area contributed by atoms with E-state index in [0.29, 0.717) is 23.3 Å². The third-order valence-corrected chi connectivity index (χ3v) is 7.38. The highest BCUT2D eigenvalue weighted by Crippen LogP contribution is 2.38. The lowest BCUT2D eigenvalue weighted by molar-refractivity contribution is 0.111. The molecule has 2 heterocycles. The first-order valence-corrected chi connectivity index (χ1v) is 11.0. The Morgan fingerprint density at radius 1 is 1.30 bits per heavy atom. The smallest absolute Gasteiger partial charge is 0.125 e. The molecule has 150 valence electrons. The lowest BCUT2D eigenvalue weighted by atomic mass is 9.82. The van der Waals surface area contributed by atoms with Crippen molar-refractivity contribution in [3.63, 3.8) is 0 Å². The summed E-state index contributed by atoms with van der Waals surface area (Å²) in [6.07, 6.45) is 8.35. The van der Waals surface area contributed by atoms with Crippen LogP contribution in [0.4, 0.5) is 8.78 Å². The van der Waals surface area contributed by atoms with Crippen LogP contribution in [-0.2, 0) is 11.1 Å². The number of rotatable bonds is 3. The molecule has 27 heavy (non-hydrogen) atoms. The molecule has 0 aromatic rings. The largest absolute Gasteiger partial charge is 0.768 e. The van der Waals surface area contributed by atoms with Crippen LogP contribution >= 0.6 is 0 Å². The average Bonchev–Trinajstić information content (AvgIpc) is 3.04. The van der Waals surface area contributed by atoms with Crippen LogP contribution in [-0.4, -0.2) is 57.2 Å². The molecule has 4 rings (SSSR count). The predicted molar refractivity (Wildman–Crippen MR) is 101 cm³/mol. The van der Waals surface area contributed by atoms with Gasteiger partial charge in [0.1, 0.15) is 12.3 Å². The number of likely N-dealkylation sites (tertiary alicyclic amines) is 1. The van der Waals surface area contributed by atoms with Crippen molar-refractivity contribution in [2.75, 3.05) is 13.1 Å². The van der Waals surface area contributed by atoms with E-state index < -0.39 is 29.3 Å². The molecule has 0 bridgehead atoms. The van der Waals surface area contributed by atoms with E-state index in [-0.39, 0.29) is 18.0 Å². The van der Waals surface area contributed by atoms with E-state index in [4.69, 9.17) is 0 Å². The zero-order chi connectivity index (χ0) is 19.1. The van der Waals surface area contributed by atoms with Crippen LogP contribution in [0.25, 0.3) is 0 Å². The van der Waals surface area contributed by atoms with Gasteiger partial charge in [-0.25, -0.2) is 8.78 Å². The van der Waals surface area contributed by atoms with Gasteiger partial charge in [0.2, 0.25) is 0 Å². The summed E-state index contributed by atoms with van der Waals surface area (Å²) in [6, 6.07) is 0.390. The van der Waals surface area contributed by atoms with E-state index in [1.54, 1.807) is 12.2 Å². The van der Waals surface area contributed by atoms with Crippen molar-refractivity contribution >= 4 is 11.1 Å². The van der Waals surface area contributed by atoms with E-state index in [2.05, 4.69) is 10.2 Å². The SMILES string of the molecule is CC1C=C(S(=O)[O-])C=CC1N1CCC2NC(C3C(F)C=CCC3F)CC2C1. The number of nitrogens with one attached hydrogen (secondary N) is 1. The number of allylic oxidation sites excluding steroid dienone is 3. The monoisotopic (exact) mass is 397 g/mol. The average molecular weight is 398 g/mol. The predicted octanol–water partition coefficient (Wildman–Crippen LogP) is 2.63. The third-order valence-electron chi connectivity index (χ3n) is 6.72. The second-order valence-corrected chi connectivity index (χ2v) is 9.31. The summed E-state index contributed by atoms with van der Waals surface area (Å²) in [6.45, 7) is 3.83. The number of fused-ring (bicyclic) bond motifs is 1. The minimum absolute atomic E-state index is 0.108. The number of alkyl halides is 2. The van der Waals surface area contributed by atoms with E-state index in [9.17, 15) is 17.5 Å². The second kappa shape index (κ2) is 7.85. The van der Waals surface area contributed by atoms with Crippen molar-refractivity contribution in [1.29, 1.82) is 0 Å². The summed E-state index contributed by atoms with van der Waals surface area (Å²) in [5.41, 5.74) is 0. The molecule has 0 aromatic carbocycles. The molecule has 0 aromatic heterocycles. The van der Waals surface area contributed by atoms with Crippen molar-refractivity contribution in [2.24, 2.45) is 17.8 Å². The Balaban J connectivity index is 1.40. The van der Waals surface area contributed by atoms with Crippen LogP contribution in [0.3, 0.4) is 0 Å². The van der Waals surface area contributed by atoms with Gasteiger partial charge in [-0.15, -0.1) is 0 Å². The zero-order valence-corrected chi connectivity index (χ0v) is 16.3. The van der Waals surface area contributed by atoms with Gasteiger partial charge in [-0.2, -0.15) is 0 Å². The van der Waals surface area contributed by atoms with Crippen molar-refractivity contribution in [2.45, 2.75) is 56.7 Å². The molecule has 4 nitrogen and oxygen atoms in total. The Hall–Kier alpha value is -0.890. The first-order valence-electron chi connectivity index (χ1n) is 9.88. The molecule has 0 spiro atoms. The van der Waals surface area contributed by atoms with Crippen LogP contribution in [0.1, 0.15) is 26.2 Å². The molecule has 2 fully saturated rings. The molecule has 1 N–H and O–H groups in total. The number of hydrogen-bond donors (Lipinski definition) is 1. The minimum atomic E-state index is -2.19. The molecule has 0 radical (unpaired) electrons. The Labute approximate surface area is 162 Å². The van der Waals surface area contributed by atoms with Gasteiger partial charge in [-0.05, 0) is 48.3 Å². The normalized spacial score (nSPS) is 46.1. The van der Waals surface area contributed by atoms with Crippen LogP contribution < -0.4 is 5.32 Å². The highest BCUT2D eigenvalue weighted by atomic mass is 32.2. The van der Waals surface area contributed by atoms with E-state index in [0.717, 1.165) is 25.9 Å². The summed E-state index contributed by atoms with van der Waals surface area (Å²) in [5, 5.41) is 3.53. The molecule has 9 unspecified atom stereocenters. The van der Waals surface area contributed by atoms with Crippen LogP contribution in [0.5, 0.6) is 0 Å². The number of hydrogen-bond acceptors (Lipinski definition) is 4. The van der Waals surface area contributed by atoms with Gasteiger partial charge in [0.25, 0.3) is 0 Å². The lowest BCUT2D eigenvalue weighted by Crippen LogP contribution is -2.51. The van der Waals surface area contributed by atoms with Crippen molar-refractivity contribution in [3.8, 4) is 0 Å². The van der Waals surface area contributed by atoms with E-state index in [1.807, 2.05) is 19.1 Å². The van der Waals surface area contributed by atoms with Crippen molar-refractivity contribution in [1.82, 2.24) is 10.2 Å². The fourth-order valence-corrected chi connectivity index (χ4v) is 5.89. The Morgan fingerprint density at radius 3 is 2.81 bits per heavy atom. The Bertz CT molecular complexity index is 683. The van der Waals surface area contributed by atoms with Gasteiger partial charge < -0.3 is 9.87 Å². The molecular weight excluding hydrogens is 370 g/mol. The van der Waals surface area contributed by atoms with Crippen molar-refractivity contribution < 1.29 is 17.5 Å². The van der Waals surface area contributed by atoms with Gasteiger partial charge in [-0.1, -0.05) is 31.2 Å².